The van der Waals surface area contributed by atoms with Crippen molar-refractivity contribution in [2.24, 2.45) is 5.92 Å². The van der Waals surface area contributed by atoms with Crippen LogP contribution in [0.5, 0.6) is 0 Å². The maximum atomic E-state index is 4.42. The van der Waals surface area contributed by atoms with Crippen LogP contribution in [-0.2, 0) is 12.0 Å². The summed E-state index contributed by atoms with van der Waals surface area (Å²) in [6.45, 7) is 12.0. The third kappa shape index (κ3) is 2.23. The molecule has 96 valence electrons. The van der Waals surface area contributed by atoms with Gasteiger partial charge in [0.1, 0.15) is 11.6 Å². The van der Waals surface area contributed by atoms with E-state index in [0.717, 1.165) is 31.3 Å². The Labute approximate surface area is 104 Å². The molecule has 0 amide bonds. The monoisotopic (exact) mass is 236 g/mol. The van der Waals surface area contributed by atoms with Crippen LogP contribution >= 0.6 is 0 Å². The lowest BCUT2D eigenvalue weighted by Crippen LogP contribution is -2.42. The molecule has 0 spiro atoms. The van der Waals surface area contributed by atoms with Crippen molar-refractivity contribution in [1.29, 1.82) is 0 Å². The van der Waals surface area contributed by atoms with Gasteiger partial charge in [-0.1, -0.05) is 13.8 Å². The molecule has 2 heterocycles. The molecule has 0 aliphatic carbocycles. The van der Waals surface area contributed by atoms with E-state index in [0.29, 0.717) is 5.92 Å². The zero-order valence-electron chi connectivity index (χ0n) is 11.5. The number of aryl methyl sites for hydroxylation is 1. The van der Waals surface area contributed by atoms with Crippen molar-refractivity contribution in [2.45, 2.75) is 52.5 Å². The van der Waals surface area contributed by atoms with E-state index in [1.54, 1.807) is 0 Å². The Morgan fingerprint density at radius 3 is 2.76 bits per heavy atom. The molecular formula is C13H24N4. The Morgan fingerprint density at radius 1 is 1.41 bits per heavy atom. The van der Waals surface area contributed by atoms with Crippen LogP contribution in [0.4, 0.5) is 0 Å². The van der Waals surface area contributed by atoms with Crippen molar-refractivity contribution in [3.63, 3.8) is 0 Å². The molecule has 4 heteroatoms. The number of rotatable bonds is 3. The van der Waals surface area contributed by atoms with Crippen molar-refractivity contribution in [1.82, 2.24) is 20.1 Å². The van der Waals surface area contributed by atoms with Crippen LogP contribution in [0, 0.1) is 12.8 Å². The first kappa shape index (κ1) is 12.6. The summed E-state index contributed by atoms with van der Waals surface area (Å²) < 4.78 is 2.24. The molecule has 0 radical (unpaired) electrons. The fraction of sp³-hybridized carbons (Fsp3) is 0.846. The predicted molar refractivity (Wildman–Crippen MR) is 69.1 cm³/mol. The molecule has 4 nitrogen and oxygen atoms in total. The van der Waals surface area contributed by atoms with E-state index in [1.807, 2.05) is 6.92 Å². The minimum absolute atomic E-state index is 0.102. The second-order valence-electron chi connectivity index (χ2n) is 5.58. The van der Waals surface area contributed by atoms with Crippen LogP contribution in [0.25, 0.3) is 0 Å². The maximum Gasteiger partial charge on any atom is 0.139 e. The largest absolute Gasteiger partial charge is 0.316 e. The lowest BCUT2D eigenvalue weighted by Gasteiger charge is -2.36. The number of piperidine rings is 1. The van der Waals surface area contributed by atoms with Crippen LogP contribution in [-0.4, -0.2) is 27.9 Å². The van der Waals surface area contributed by atoms with Crippen molar-refractivity contribution >= 4 is 0 Å². The maximum absolute atomic E-state index is 4.42. The van der Waals surface area contributed by atoms with Gasteiger partial charge in [-0.3, -0.25) is 0 Å². The van der Waals surface area contributed by atoms with Crippen molar-refractivity contribution in [2.75, 3.05) is 13.1 Å². The van der Waals surface area contributed by atoms with Crippen molar-refractivity contribution in [3.8, 4) is 0 Å². The average molecular weight is 236 g/mol. The molecule has 1 aromatic rings. The van der Waals surface area contributed by atoms with Gasteiger partial charge in [-0.2, -0.15) is 0 Å². The summed E-state index contributed by atoms with van der Waals surface area (Å²) in [4.78, 5) is 0. The van der Waals surface area contributed by atoms with Gasteiger partial charge >= 0.3 is 0 Å². The van der Waals surface area contributed by atoms with E-state index < -0.39 is 0 Å². The molecule has 2 rings (SSSR count). The summed E-state index contributed by atoms with van der Waals surface area (Å²) in [6.07, 6.45) is 2.56. The smallest absolute Gasteiger partial charge is 0.139 e. The van der Waals surface area contributed by atoms with E-state index in [2.05, 4.69) is 40.9 Å². The van der Waals surface area contributed by atoms with Gasteiger partial charge in [-0.05, 0) is 45.7 Å². The fourth-order valence-electron chi connectivity index (χ4n) is 2.89. The van der Waals surface area contributed by atoms with Crippen LogP contribution in [0.15, 0.2) is 0 Å². The average Bonchev–Trinajstić information content (AvgIpc) is 2.72. The summed E-state index contributed by atoms with van der Waals surface area (Å²) in [5, 5.41) is 12.2. The molecule has 0 saturated carbocycles. The highest BCUT2D eigenvalue weighted by molar-refractivity contribution is 5.10. The van der Waals surface area contributed by atoms with Gasteiger partial charge in [0.25, 0.3) is 0 Å². The third-order valence-electron chi connectivity index (χ3n) is 4.15. The summed E-state index contributed by atoms with van der Waals surface area (Å²) >= 11 is 0. The van der Waals surface area contributed by atoms with Gasteiger partial charge < -0.3 is 9.88 Å². The molecule has 1 N–H and O–H groups in total. The van der Waals surface area contributed by atoms with Crippen molar-refractivity contribution in [3.05, 3.63) is 11.6 Å². The van der Waals surface area contributed by atoms with Gasteiger partial charge in [0.15, 0.2) is 0 Å². The summed E-state index contributed by atoms with van der Waals surface area (Å²) in [5.74, 6) is 2.83. The van der Waals surface area contributed by atoms with Gasteiger partial charge in [-0.15, -0.1) is 10.2 Å². The second-order valence-corrected chi connectivity index (χ2v) is 5.58. The second kappa shape index (κ2) is 4.77. The molecule has 1 unspecified atom stereocenters. The Balaban J connectivity index is 2.29. The van der Waals surface area contributed by atoms with Gasteiger partial charge in [0.2, 0.25) is 0 Å². The molecular weight excluding hydrogens is 212 g/mol. The Morgan fingerprint density at radius 2 is 2.18 bits per heavy atom. The highest BCUT2D eigenvalue weighted by Crippen LogP contribution is 2.34. The molecule has 1 aliphatic rings. The normalized spacial score (nSPS) is 21.8. The Kier molecular flexibility index (Phi) is 3.52. The quantitative estimate of drug-likeness (QED) is 0.871. The first-order chi connectivity index (χ1) is 8.07. The van der Waals surface area contributed by atoms with Gasteiger partial charge in [-0.25, -0.2) is 0 Å². The highest BCUT2D eigenvalue weighted by Gasteiger charge is 2.36. The van der Waals surface area contributed by atoms with Crippen molar-refractivity contribution < 1.29 is 0 Å². The third-order valence-corrected chi connectivity index (χ3v) is 4.15. The van der Waals surface area contributed by atoms with Gasteiger partial charge in [0, 0.05) is 12.0 Å². The zero-order valence-corrected chi connectivity index (χ0v) is 11.5. The lowest BCUT2D eigenvalue weighted by atomic mass is 9.74. The van der Waals surface area contributed by atoms with Crippen LogP contribution in [0.1, 0.15) is 45.3 Å². The minimum Gasteiger partial charge on any atom is -0.316 e. The Hall–Kier alpha value is -0.900. The first-order valence-corrected chi connectivity index (χ1v) is 6.68. The number of aromatic nitrogens is 3. The lowest BCUT2D eigenvalue weighted by molar-refractivity contribution is 0.235. The fourth-order valence-corrected chi connectivity index (χ4v) is 2.89. The molecule has 1 aliphatic heterocycles. The van der Waals surface area contributed by atoms with E-state index in [9.17, 15) is 0 Å². The van der Waals surface area contributed by atoms with E-state index in [1.165, 1.54) is 12.8 Å². The van der Waals surface area contributed by atoms with Crippen LogP contribution < -0.4 is 5.32 Å². The standard InChI is InChI=1S/C13H24N4/c1-5-17-10(2)15-16-12(17)13(3,4)11-7-6-8-14-9-11/h11,14H,5-9H2,1-4H3. The summed E-state index contributed by atoms with van der Waals surface area (Å²) in [6, 6.07) is 0. The topological polar surface area (TPSA) is 42.7 Å². The van der Waals surface area contributed by atoms with E-state index in [-0.39, 0.29) is 5.41 Å². The minimum atomic E-state index is 0.102. The number of hydrogen-bond acceptors (Lipinski definition) is 3. The Bertz CT molecular complexity index is 375. The molecule has 17 heavy (non-hydrogen) atoms. The zero-order chi connectivity index (χ0) is 12.5. The molecule has 1 atom stereocenters. The first-order valence-electron chi connectivity index (χ1n) is 6.68. The number of hydrogen-bond donors (Lipinski definition) is 1. The molecule has 0 aromatic carbocycles. The SMILES string of the molecule is CCn1c(C)nnc1C(C)(C)C1CCCNC1. The van der Waals surface area contributed by atoms with Crippen LogP contribution in [0.2, 0.25) is 0 Å². The predicted octanol–water partition coefficient (Wildman–Crippen LogP) is 1.88. The highest BCUT2D eigenvalue weighted by atomic mass is 15.3. The van der Waals surface area contributed by atoms with E-state index >= 15 is 0 Å². The number of nitrogens with one attached hydrogen (secondary N) is 1. The molecule has 0 bridgehead atoms. The summed E-state index contributed by atoms with van der Waals surface area (Å²) in [5.41, 5.74) is 0.102. The summed E-state index contributed by atoms with van der Waals surface area (Å²) in [7, 11) is 0. The molecule has 1 saturated heterocycles. The molecule has 1 aromatic heterocycles. The van der Waals surface area contributed by atoms with Gasteiger partial charge in [0.05, 0.1) is 0 Å². The van der Waals surface area contributed by atoms with E-state index in [4.69, 9.17) is 0 Å². The molecule has 1 fully saturated rings. The van der Waals surface area contributed by atoms with Crippen LogP contribution in [0.3, 0.4) is 0 Å². The number of nitrogens with zero attached hydrogens (tertiary/aromatic N) is 3.